The van der Waals surface area contributed by atoms with Gasteiger partial charge in [-0.1, -0.05) is 20.8 Å². The molecule has 2 heterocycles. The minimum atomic E-state index is -0.954. The van der Waals surface area contributed by atoms with Gasteiger partial charge < -0.3 is 15.3 Å². The summed E-state index contributed by atoms with van der Waals surface area (Å²) in [5.74, 6) is 0.0569. The Balaban J connectivity index is 2.22. The van der Waals surface area contributed by atoms with Crippen LogP contribution in [0.25, 0.3) is 0 Å². The highest BCUT2D eigenvalue weighted by molar-refractivity contribution is 6.28. The molecule has 1 aliphatic rings. The van der Waals surface area contributed by atoms with Crippen LogP contribution in [0.15, 0.2) is 6.20 Å². The summed E-state index contributed by atoms with van der Waals surface area (Å²) in [7, 11) is 0. The van der Waals surface area contributed by atoms with Crippen molar-refractivity contribution in [2.45, 2.75) is 45.7 Å². The third-order valence-corrected chi connectivity index (χ3v) is 4.31. The third-order valence-electron chi connectivity index (χ3n) is 4.13. The lowest BCUT2D eigenvalue weighted by molar-refractivity contribution is -0.384. The average Bonchev–Trinajstić information content (AvgIpc) is 2.45. The number of likely N-dealkylation sites (tertiary alicyclic amines) is 1. The third kappa shape index (κ3) is 4.02. The van der Waals surface area contributed by atoms with Gasteiger partial charge in [0.05, 0.1) is 4.92 Å². The highest BCUT2D eigenvalue weighted by Crippen LogP contribution is 2.34. The predicted molar refractivity (Wildman–Crippen MR) is 88.3 cm³/mol. The molecule has 2 atom stereocenters. The summed E-state index contributed by atoms with van der Waals surface area (Å²) in [5.41, 5.74) is -0.513. The highest BCUT2D eigenvalue weighted by atomic mass is 35.5. The van der Waals surface area contributed by atoms with E-state index in [-0.39, 0.29) is 34.3 Å². The SMILES string of the molecule is CC(C)(C)C1CC(Nc2nc(Cl)ncc2[N+](=O)[O-])CCN1C(=O)O. The second kappa shape index (κ2) is 6.76. The first-order chi connectivity index (χ1) is 11.1. The number of nitro groups is 1. The van der Waals surface area contributed by atoms with Crippen LogP contribution in [0.4, 0.5) is 16.3 Å². The van der Waals surface area contributed by atoms with E-state index in [9.17, 15) is 20.0 Å². The molecule has 9 nitrogen and oxygen atoms in total. The summed E-state index contributed by atoms with van der Waals surface area (Å²) in [4.78, 5) is 30.9. The minimum Gasteiger partial charge on any atom is -0.465 e. The van der Waals surface area contributed by atoms with Gasteiger partial charge in [0.1, 0.15) is 6.20 Å². The Hall–Kier alpha value is -2.16. The summed E-state index contributed by atoms with van der Waals surface area (Å²) in [5, 5.41) is 23.4. The Labute approximate surface area is 144 Å². The van der Waals surface area contributed by atoms with E-state index in [0.717, 1.165) is 6.20 Å². The quantitative estimate of drug-likeness (QED) is 0.484. The normalized spacial score (nSPS) is 21.4. The van der Waals surface area contributed by atoms with Gasteiger partial charge >= 0.3 is 11.8 Å². The number of anilines is 1. The zero-order valence-electron chi connectivity index (χ0n) is 13.7. The van der Waals surface area contributed by atoms with Crippen molar-refractivity contribution in [2.24, 2.45) is 5.41 Å². The number of aromatic nitrogens is 2. The standard InChI is InChI=1S/C14H20ClN5O4/c1-14(2,3)10-6-8(4-5-19(10)13(21)22)17-11-9(20(23)24)7-16-12(15)18-11/h7-8,10H,4-6H2,1-3H3,(H,21,22)(H,16,17,18). The van der Waals surface area contributed by atoms with Crippen LogP contribution in [0.1, 0.15) is 33.6 Å². The summed E-state index contributed by atoms with van der Waals surface area (Å²) in [6.07, 6.45) is 1.15. The number of hydrogen-bond donors (Lipinski definition) is 2. The van der Waals surface area contributed by atoms with E-state index in [1.165, 1.54) is 4.90 Å². The maximum atomic E-state index is 11.4. The van der Waals surface area contributed by atoms with Crippen molar-refractivity contribution in [3.63, 3.8) is 0 Å². The molecule has 0 bridgehead atoms. The molecule has 132 valence electrons. The molecule has 1 amide bonds. The lowest BCUT2D eigenvalue weighted by Crippen LogP contribution is -2.54. The molecule has 10 heteroatoms. The van der Waals surface area contributed by atoms with Gasteiger partial charge in [-0.3, -0.25) is 10.1 Å². The number of piperidine rings is 1. The summed E-state index contributed by atoms with van der Waals surface area (Å²) in [6, 6.07) is -0.355. The number of amides is 1. The van der Waals surface area contributed by atoms with Crippen LogP contribution in [-0.2, 0) is 0 Å². The number of halogens is 1. The Bertz CT molecular complexity index is 649. The first-order valence-corrected chi connectivity index (χ1v) is 7.90. The first-order valence-electron chi connectivity index (χ1n) is 7.52. The van der Waals surface area contributed by atoms with E-state index in [1.54, 1.807) is 0 Å². The molecule has 1 fully saturated rings. The molecule has 24 heavy (non-hydrogen) atoms. The van der Waals surface area contributed by atoms with Gasteiger partial charge in [-0.05, 0) is 29.9 Å². The van der Waals surface area contributed by atoms with E-state index in [0.29, 0.717) is 19.4 Å². The van der Waals surface area contributed by atoms with E-state index in [4.69, 9.17) is 11.6 Å². The molecule has 0 aliphatic carbocycles. The molecule has 0 spiro atoms. The van der Waals surface area contributed by atoms with Crippen molar-refractivity contribution in [2.75, 3.05) is 11.9 Å². The molecule has 0 saturated carbocycles. The van der Waals surface area contributed by atoms with Gasteiger partial charge in [0.15, 0.2) is 0 Å². The highest BCUT2D eigenvalue weighted by Gasteiger charge is 2.39. The number of nitrogens with zero attached hydrogens (tertiary/aromatic N) is 4. The predicted octanol–water partition coefficient (Wildman–Crippen LogP) is 3.01. The molecule has 2 N–H and O–H groups in total. The van der Waals surface area contributed by atoms with Crippen molar-refractivity contribution in [1.29, 1.82) is 0 Å². The van der Waals surface area contributed by atoms with Crippen LogP contribution in [0.2, 0.25) is 5.28 Å². The van der Waals surface area contributed by atoms with E-state index in [2.05, 4.69) is 15.3 Å². The van der Waals surface area contributed by atoms with Crippen LogP contribution < -0.4 is 5.32 Å². The van der Waals surface area contributed by atoms with Crippen molar-refractivity contribution >= 4 is 29.2 Å². The zero-order chi connectivity index (χ0) is 18.1. The fraction of sp³-hybridized carbons (Fsp3) is 0.643. The maximum absolute atomic E-state index is 11.4. The fourth-order valence-electron chi connectivity index (χ4n) is 2.93. The molecular weight excluding hydrogens is 338 g/mol. The monoisotopic (exact) mass is 357 g/mol. The van der Waals surface area contributed by atoms with Gasteiger partial charge in [0, 0.05) is 18.6 Å². The lowest BCUT2D eigenvalue weighted by Gasteiger charge is -2.44. The fourth-order valence-corrected chi connectivity index (χ4v) is 3.07. The summed E-state index contributed by atoms with van der Waals surface area (Å²) >= 11 is 5.73. The van der Waals surface area contributed by atoms with E-state index < -0.39 is 11.0 Å². The van der Waals surface area contributed by atoms with Crippen LogP contribution in [0, 0.1) is 15.5 Å². The smallest absolute Gasteiger partial charge is 0.407 e. The van der Waals surface area contributed by atoms with Crippen LogP contribution in [-0.4, -0.2) is 49.6 Å². The van der Waals surface area contributed by atoms with Crippen LogP contribution in [0.3, 0.4) is 0 Å². The van der Waals surface area contributed by atoms with Gasteiger partial charge in [-0.15, -0.1) is 0 Å². The van der Waals surface area contributed by atoms with E-state index >= 15 is 0 Å². The number of carboxylic acid groups (broad SMARTS) is 1. The van der Waals surface area contributed by atoms with Crippen molar-refractivity contribution < 1.29 is 14.8 Å². The number of nitrogens with one attached hydrogen (secondary N) is 1. The molecule has 2 unspecified atom stereocenters. The Morgan fingerprint density at radius 1 is 1.54 bits per heavy atom. The summed E-state index contributed by atoms with van der Waals surface area (Å²) in [6.45, 7) is 6.27. The molecular formula is C14H20ClN5O4. The zero-order valence-corrected chi connectivity index (χ0v) is 14.4. The van der Waals surface area contributed by atoms with Gasteiger partial charge in [-0.25, -0.2) is 9.78 Å². The molecule has 1 aromatic heterocycles. The topological polar surface area (TPSA) is 121 Å². The van der Waals surface area contributed by atoms with Gasteiger partial charge in [-0.2, -0.15) is 4.98 Å². The van der Waals surface area contributed by atoms with Crippen LogP contribution in [0.5, 0.6) is 0 Å². The lowest BCUT2D eigenvalue weighted by atomic mass is 9.79. The number of rotatable bonds is 3. The second-order valence-electron chi connectivity index (χ2n) is 6.85. The van der Waals surface area contributed by atoms with Crippen molar-refractivity contribution in [3.05, 3.63) is 21.6 Å². The Kier molecular flexibility index (Phi) is 5.12. The van der Waals surface area contributed by atoms with Gasteiger partial charge in [0.2, 0.25) is 11.1 Å². The molecule has 2 rings (SSSR count). The second-order valence-corrected chi connectivity index (χ2v) is 7.19. The average molecular weight is 358 g/mol. The van der Waals surface area contributed by atoms with Crippen molar-refractivity contribution in [3.8, 4) is 0 Å². The first kappa shape index (κ1) is 18.2. The molecule has 1 saturated heterocycles. The van der Waals surface area contributed by atoms with E-state index in [1.807, 2.05) is 20.8 Å². The van der Waals surface area contributed by atoms with Crippen molar-refractivity contribution in [1.82, 2.24) is 14.9 Å². The Morgan fingerprint density at radius 3 is 2.75 bits per heavy atom. The number of carbonyl (C=O) groups is 1. The van der Waals surface area contributed by atoms with Gasteiger partial charge in [0.25, 0.3) is 0 Å². The molecule has 0 radical (unpaired) electrons. The number of hydrogen-bond acceptors (Lipinski definition) is 6. The largest absolute Gasteiger partial charge is 0.465 e. The minimum absolute atomic E-state index is 0.0569. The molecule has 0 aromatic carbocycles. The molecule has 1 aliphatic heterocycles. The molecule has 1 aromatic rings. The van der Waals surface area contributed by atoms with Crippen LogP contribution >= 0.6 is 11.6 Å². The Morgan fingerprint density at radius 2 is 2.21 bits per heavy atom. The summed E-state index contributed by atoms with van der Waals surface area (Å²) < 4.78 is 0. The maximum Gasteiger partial charge on any atom is 0.407 e.